The molecule has 4 heterocycles. The van der Waals surface area contributed by atoms with Gasteiger partial charge in [0.2, 0.25) is 0 Å². The van der Waals surface area contributed by atoms with Gasteiger partial charge in [0.15, 0.2) is 32.0 Å². The maximum atomic E-state index is 13.1. The van der Waals surface area contributed by atoms with Gasteiger partial charge >= 0.3 is 6.18 Å². The Balaban J connectivity index is 2.03. The van der Waals surface area contributed by atoms with Gasteiger partial charge in [-0.05, 0) is 39.0 Å². The summed E-state index contributed by atoms with van der Waals surface area (Å²) in [4.78, 5) is 10.4. The van der Waals surface area contributed by atoms with Crippen LogP contribution in [0.3, 0.4) is 0 Å². The van der Waals surface area contributed by atoms with Crippen molar-refractivity contribution < 1.29 is 21.6 Å². The van der Waals surface area contributed by atoms with Crippen molar-refractivity contribution in [1.29, 1.82) is 0 Å². The van der Waals surface area contributed by atoms with Crippen molar-refractivity contribution in [2.75, 3.05) is 17.7 Å². The zero-order chi connectivity index (χ0) is 24.3. The smallest absolute Gasteiger partial charge is 0.355 e. The Labute approximate surface area is 187 Å². The fourth-order valence-electron chi connectivity index (χ4n) is 3.23. The highest BCUT2D eigenvalue weighted by atomic mass is 32.2. The van der Waals surface area contributed by atoms with E-state index < -0.39 is 21.6 Å². The summed E-state index contributed by atoms with van der Waals surface area (Å²) < 4.78 is 67.7. The van der Waals surface area contributed by atoms with Crippen LogP contribution >= 0.6 is 0 Å². The molecule has 0 saturated carbocycles. The first kappa shape index (κ1) is 23.0. The Hall–Kier alpha value is -3.22. The number of halogens is 3. The van der Waals surface area contributed by atoms with Gasteiger partial charge in [-0.3, -0.25) is 0 Å². The van der Waals surface area contributed by atoms with Crippen molar-refractivity contribution in [3.63, 3.8) is 0 Å². The number of anilines is 1. The van der Waals surface area contributed by atoms with E-state index in [9.17, 15) is 21.6 Å². The Morgan fingerprint density at radius 1 is 1.12 bits per heavy atom. The molecule has 0 aromatic carbocycles. The lowest BCUT2D eigenvalue weighted by atomic mass is 10.1. The molecular formula is C20H22F3N7O2S. The molecule has 0 fully saturated rings. The summed E-state index contributed by atoms with van der Waals surface area (Å²) in [5, 5.41) is 8.30. The first-order chi connectivity index (χ1) is 15.2. The predicted molar refractivity (Wildman–Crippen MR) is 116 cm³/mol. The van der Waals surface area contributed by atoms with Crippen LogP contribution in [0.15, 0.2) is 35.6 Å². The van der Waals surface area contributed by atoms with Gasteiger partial charge in [-0.1, -0.05) is 6.92 Å². The number of pyridine rings is 1. The zero-order valence-corrected chi connectivity index (χ0v) is 19.4. The molecule has 0 aliphatic heterocycles. The fraction of sp³-hybridized carbons (Fsp3) is 0.400. The van der Waals surface area contributed by atoms with Crippen LogP contribution in [0.1, 0.15) is 33.3 Å². The van der Waals surface area contributed by atoms with Crippen molar-refractivity contribution >= 4 is 26.9 Å². The van der Waals surface area contributed by atoms with E-state index in [2.05, 4.69) is 20.2 Å². The first-order valence-corrected chi connectivity index (χ1v) is 11.7. The van der Waals surface area contributed by atoms with E-state index in [4.69, 9.17) is 0 Å². The van der Waals surface area contributed by atoms with Crippen molar-refractivity contribution in [2.24, 2.45) is 0 Å². The predicted octanol–water partition coefficient (Wildman–Crippen LogP) is 3.49. The van der Waals surface area contributed by atoms with Crippen LogP contribution in [0.4, 0.5) is 19.0 Å². The minimum absolute atomic E-state index is 0.0401. The summed E-state index contributed by atoms with van der Waals surface area (Å²) in [7, 11) is -2.01. The van der Waals surface area contributed by atoms with E-state index in [-0.39, 0.29) is 39.0 Å². The minimum Gasteiger partial charge on any atom is -0.355 e. The molecule has 0 N–H and O–H groups in total. The molecule has 0 bridgehead atoms. The number of rotatable bonds is 4. The van der Waals surface area contributed by atoms with E-state index in [1.54, 1.807) is 6.07 Å². The summed E-state index contributed by atoms with van der Waals surface area (Å²) in [6, 6.07) is 3.42. The Bertz CT molecular complexity index is 1470. The molecule has 0 saturated heterocycles. The largest absolute Gasteiger partial charge is 0.416 e. The average Bonchev–Trinajstić information content (AvgIpc) is 3.32. The zero-order valence-electron chi connectivity index (χ0n) is 18.6. The molecule has 0 radical (unpaired) electrons. The van der Waals surface area contributed by atoms with Gasteiger partial charge in [-0.15, -0.1) is 5.10 Å². The van der Waals surface area contributed by atoms with Crippen LogP contribution in [-0.4, -0.2) is 56.0 Å². The molecule has 0 aliphatic rings. The molecule has 13 heteroatoms. The van der Waals surface area contributed by atoms with Gasteiger partial charge in [0.1, 0.15) is 11.4 Å². The number of aromatic nitrogens is 6. The molecule has 0 atom stereocenters. The molecule has 9 nitrogen and oxygen atoms in total. The second-order valence-electron chi connectivity index (χ2n) is 8.50. The highest BCUT2D eigenvalue weighted by molar-refractivity contribution is 7.91. The quantitative estimate of drug-likeness (QED) is 0.440. The van der Waals surface area contributed by atoms with E-state index in [0.717, 1.165) is 22.8 Å². The molecule has 33 heavy (non-hydrogen) atoms. The van der Waals surface area contributed by atoms with Crippen LogP contribution in [-0.2, 0) is 16.0 Å². The third-order valence-corrected chi connectivity index (χ3v) is 7.01. The Kier molecular flexibility index (Phi) is 5.15. The van der Waals surface area contributed by atoms with Crippen LogP contribution < -0.4 is 4.90 Å². The summed E-state index contributed by atoms with van der Waals surface area (Å²) in [6.07, 6.45) is -1.92. The number of nitrogens with zero attached hydrogens (tertiary/aromatic N) is 7. The van der Waals surface area contributed by atoms with Crippen molar-refractivity contribution in [1.82, 2.24) is 29.2 Å². The number of hydrogen-bond donors (Lipinski definition) is 0. The van der Waals surface area contributed by atoms with E-state index in [1.165, 1.54) is 17.6 Å². The monoisotopic (exact) mass is 481 g/mol. The highest BCUT2D eigenvalue weighted by Gasteiger charge is 2.33. The second-order valence-corrected chi connectivity index (χ2v) is 10.7. The number of sulfone groups is 1. The van der Waals surface area contributed by atoms with Crippen LogP contribution in [0.2, 0.25) is 0 Å². The highest BCUT2D eigenvalue weighted by Crippen LogP contribution is 2.34. The maximum Gasteiger partial charge on any atom is 0.416 e. The number of hydrogen-bond acceptors (Lipinski definition) is 7. The lowest BCUT2D eigenvalue weighted by Gasteiger charge is -2.33. The minimum atomic E-state index is -4.55. The fourth-order valence-corrected chi connectivity index (χ4v) is 4.20. The second kappa shape index (κ2) is 7.40. The van der Waals surface area contributed by atoms with E-state index >= 15 is 0 Å². The van der Waals surface area contributed by atoms with E-state index in [1.807, 2.05) is 32.7 Å². The van der Waals surface area contributed by atoms with Gasteiger partial charge in [-0.2, -0.15) is 22.8 Å². The van der Waals surface area contributed by atoms with Gasteiger partial charge in [0.05, 0.1) is 11.3 Å². The molecule has 0 amide bonds. The molecule has 4 aromatic heterocycles. The molecule has 176 valence electrons. The summed E-state index contributed by atoms with van der Waals surface area (Å²) in [5.74, 6) is 0.258. The van der Waals surface area contributed by atoms with Gasteiger partial charge < -0.3 is 4.90 Å². The Morgan fingerprint density at radius 2 is 1.82 bits per heavy atom. The van der Waals surface area contributed by atoms with Crippen LogP contribution in [0, 0.1) is 0 Å². The molecule has 0 aliphatic carbocycles. The first-order valence-electron chi connectivity index (χ1n) is 10.0. The molecule has 0 spiro atoms. The number of fused-ring (bicyclic) bond motifs is 2. The third-order valence-electron chi connectivity index (χ3n) is 5.38. The third kappa shape index (κ3) is 3.90. The topological polar surface area (TPSA) is 97.8 Å². The molecule has 4 aromatic rings. The van der Waals surface area contributed by atoms with Crippen molar-refractivity contribution in [3.8, 4) is 11.4 Å². The summed E-state index contributed by atoms with van der Waals surface area (Å²) in [5.41, 5.74) is -1.07. The standard InChI is InChI=1S/C20H22F3N7O2S/c1-6-33(31,32)18-15(16-25-13-11-12(20(21,22)23)8-10-29(13)26-16)17-24-9-7-14(30(17)27-18)28(5)19(2,3)4/h7-11H,6H2,1-5H3. The SMILES string of the molecule is CCS(=O)(=O)c1nn2c(N(C)C(C)(C)C)ccnc2c1-c1nc2cc(C(F)(F)F)ccn2n1. The lowest BCUT2D eigenvalue weighted by molar-refractivity contribution is -0.137. The molecule has 0 unspecified atom stereocenters. The molecular weight excluding hydrogens is 459 g/mol. The Morgan fingerprint density at radius 3 is 2.42 bits per heavy atom. The average molecular weight is 482 g/mol. The molecule has 4 rings (SSSR count). The van der Waals surface area contributed by atoms with Gasteiger partial charge in [-0.25, -0.2) is 22.9 Å². The van der Waals surface area contributed by atoms with Gasteiger partial charge in [0.25, 0.3) is 0 Å². The van der Waals surface area contributed by atoms with Gasteiger partial charge in [0, 0.05) is 25.0 Å². The normalized spacial score (nSPS) is 13.2. The van der Waals surface area contributed by atoms with E-state index in [0.29, 0.717) is 5.82 Å². The number of alkyl halides is 3. The maximum absolute atomic E-state index is 13.1. The van der Waals surface area contributed by atoms with Crippen molar-refractivity contribution in [2.45, 2.75) is 44.4 Å². The van der Waals surface area contributed by atoms with Crippen LogP contribution in [0.5, 0.6) is 0 Å². The van der Waals surface area contributed by atoms with Crippen molar-refractivity contribution in [3.05, 3.63) is 36.2 Å². The summed E-state index contributed by atoms with van der Waals surface area (Å²) in [6.45, 7) is 7.42. The lowest BCUT2D eigenvalue weighted by Crippen LogP contribution is -2.39. The van der Waals surface area contributed by atoms with Crippen LogP contribution in [0.25, 0.3) is 22.7 Å². The summed E-state index contributed by atoms with van der Waals surface area (Å²) >= 11 is 0.